The number of rotatable bonds is 4. The maximum absolute atomic E-state index is 12.0. The average Bonchev–Trinajstić information content (AvgIpc) is 2.81. The number of hydrogen-bond acceptors (Lipinski definition) is 4. The molecular formula is C13H18N2O2S. The molecule has 1 rings (SSSR count). The molecule has 5 heteroatoms. The molecule has 0 radical (unpaired) electrons. The van der Waals surface area contributed by atoms with E-state index < -0.39 is 6.10 Å². The van der Waals surface area contributed by atoms with E-state index in [-0.39, 0.29) is 5.91 Å². The van der Waals surface area contributed by atoms with Gasteiger partial charge in [0.05, 0.1) is 22.4 Å². The van der Waals surface area contributed by atoms with Crippen molar-refractivity contribution < 1.29 is 9.90 Å². The van der Waals surface area contributed by atoms with Gasteiger partial charge in [0.2, 0.25) is 0 Å². The van der Waals surface area contributed by atoms with E-state index in [1.807, 2.05) is 6.07 Å². The van der Waals surface area contributed by atoms with Gasteiger partial charge in [-0.15, -0.1) is 11.3 Å². The number of thiophene rings is 1. The van der Waals surface area contributed by atoms with Crippen molar-refractivity contribution in [2.75, 3.05) is 20.1 Å². The van der Waals surface area contributed by atoms with Gasteiger partial charge in [-0.25, -0.2) is 0 Å². The summed E-state index contributed by atoms with van der Waals surface area (Å²) in [5.74, 6) is 5.62. The van der Waals surface area contributed by atoms with Crippen LogP contribution in [-0.4, -0.2) is 42.2 Å². The predicted molar refractivity (Wildman–Crippen MR) is 73.5 cm³/mol. The van der Waals surface area contributed by atoms with Crippen molar-refractivity contribution in [3.8, 4) is 11.8 Å². The Bertz CT molecular complexity index is 457. The number of carbonyl (C=O) groups is 1. The smallest absolute Gasteiger partial charge is 0.263 e. The van der Waals surface area contributed by atoms with Crippen LogP contribution in [-0.2, 0) is 0 Å². The van der Waals surface area contributed by atoms with Gasteiger partial charge in [-0.1, -0.05) is 11.8 Å². The quantitative estimate of drug-likeness (QED) is 0.796. The first kappa shape index (κ1) is 14.7. The number of carbonyl (C=O) groups excluding carboxylic acids is 1. The summed E-state index contributed by atoms with van der Waals surface area (Å²) in [5, 5.41) is 9.19. The zero-order valence-corrected chi connectivity index (χ0v) is 11.5. The molecule has 0 aromatic carbocycles. The first-order valence-electron chi connectivity index (χ1n) is 5.77. The van der Waals surface area contributed by atoms with Crippen LogP contribution in [0.1, 0.15) is 27.9 Å². The van der Waals surface area contributed by atoms with Crippen LogP contribution in [0.15, 0.2) is 12.1 Å². The Balaban J connectivity index is 2.63. The third-order valence-corrected chi connectivity index (χ3v) is 3.35. The summed E-state index contributed by atoms with van der Waals surface area (Å²) in [6.45, 7) is 2.57. The van der Waals surface area contributed by atoms with E-state index >= 15 is 0 Å². The highest BCUT2D eigenvalue weighted by Crippen LogP contribution is 2.17. The Morgan fingerprint density at radius 2 is 2.33 bits per heavy atom. The standard InChI is InChI=1S/C13H18N2O2S/c1-10(16)7-9-15(2)13(17)12-6-5-11(18-12)4-3-8-14/h5-6,10,16H,7-9,14H2,1-2H3. The predicted octanol–water partition coefficient (Wildman–Crippen LogP) is 0.901. The number of aliphatic hydroxyl groups is 1. The van der Waals surface area contributed by atoms with Gasteiger partial charge < -0.3 is 15.7 Å². The van der Waals surface area contributed by atoms with Gasteiger partial charge in [0, 0.05) is 13.6 Å². The Kier molecular flexibility index (Phi) is 5.86. The molecule has 0 aliphatic carbocycles. The maximum atomic E-state index is 12.0. The molecule has 4 nitrogen and oxygen atoms in total. The van der Waals surface area contributed by atoms with Crippen LogP contribution >= 0.6 is 11.3 Å². The van der Waals surface area contributed by atoms with Crippen molar-refractivity contribution in [1.82, 2.24) is 4.90 Å². The summed E-state index contributed by atoms with van der Waals surface area (Å²) in [4.78, 5) is 15.1. The van der Waals surface area contributed by atoms with Gasteiger partial charge in [0.15, 0.2) is 0 Å². The summed E-state index contributed by atoms with van der Waals surface area (Å²) in [5.41, 5.74) is 5.29. The van der Waals surface area contributed by atoms with E-state index in [9.17, 15) is 9.90 Å². The Hall–Kier alpha value is -1.35. The maximum Gasteiger partial charge on any atom is 0.263 e. The van der Waals surface area contributed by atoms with Crippen LogP contribution < -0.4 is 5.73 Å². The number of hydrogen-bond donors (Lipinski definition) is 2. The molecule has 3 N–H and O–H groups in total. The Morgan fingerprint density at radius 3 is 2.94 bits per heavy atom. The summed E-state index contributed by atoms with van der Waals surface area (Å²) < 4.78 is 0. The lowest BCUT2D eigenvalue weighted by atomic mass is 10.2. The second-order valence-corrected chi connectivity index (χ2v) is 5.12. The van der Waals surface area contributed by atoms with E-state index in [0.29, 0.717) is 24.4 Å². The molecule has 1 unspecified atom stereocenters. The van der Waals surface area contributed by atoms with E-state index in [1.165, 1.54) is 11.3 Å². The summed E-state index contributed by atoms with van der Waals surface area (Å²) in [7, 11) is 1.73. The molecule has 1 atom stereocenters. The molecule has 1 amide bonds. The highest BCUT2D eigenvalue weighted by atomic mass is 32.1. The van der Waals surface area contributed by atoms with E-state index in [2.05, 4.69) is 11.8 Å². The monoisotopic (exact) mass is 266 g/mol. The van der Waals surface area contributed by atoms with Crippen LogP contribution in [0.3, 0.4) is 0 Å². The second kappa shape index (κ2) is 7.17. The van der Waals surface area contributed by atoms with Crippen molar-refractivity contribution in [3.05, 3.63) is 21.9 Å². The molecule has 0 saturated heterocycles. The fourth-order valence-electron chi connectivity index (χ4n) is 1.33. The second-order valence-electron chi connectivity index (χ2n) is 4.03. The van der Waals surface area contributed by atoms with Crippen molar-refractivity contribution in [2.24, 2.45) is 5.73 Å². The van der Waals surface area contributed by atoms with Gasteiger partial charge in [0.1, 0.15) is 0 Å². The lowest BCUT2D eigenvalue weighted by Gasteiger charge is -2.16. The van der Waals surface area contributed by atoms with Crippen LogP contribution in [0.4, 0.5) is 0 Å². The minimum atomic E-state index is -0.394. The Morgan fingerprint density at radius 1 is 1.61 bits per heavy atom. The van der Waals surface area contributed by atoms with E-state index in [1.54, 1.807) is 24.9 Å². The number of aliphatic hydroxyl groups excluding tert-OH is 1. The Labute approximate surface area is 111 Å². The van der Waals surface area contributed by atoms with Crippen LogP contribution in [0.25, 0.3) is 0 Å². The zero-order chi connectivity index (χ0) is 13.5. The van der Waals surface area contributed by atoms with Crippen molar-refractivity contribution in [3.63, 3.8) is 0 Å². The van der Waals surface area contributed by atoms with Gasteiger partial charge in [-0.3, -0.25) is 4.79 Å². The highest BCUT2D eigenvalue weighted by Gasteiger charge is 2.14. The van der Waals surface area contributed by atoms with E-state index in [4.69, 9.17) is 5.73 Å². The summed E-state index contributed by atoms with van der Waals surface area (Å²) >= 11 is 1.36. The van der Waals surface area contributed by atoms with E-state index in [0.717, 1.165) is 4.88 Å². The lowest BCUT2D eigenvalue weighted by Crippen LogP contribution is -2.28. The summed E-state index contributed by atoms with van der Waals surface area (Å²) in [6.07, 6.45) is 0.183. The third-order valence-electron chi connectivity index (χ3n) is 2.36. The van der Waals surface area contributed by atoms with Crippen molar-refractivity contribution >= 4 is 17.2 Å². The molecule has 18 heavy (non-hydrogen) atoms. The molecule has 0 saturated carbocycles. The lowest BCUT2D eigenvalue weighted by molar-refractivity contribution is 0.0773. The highest BCUT2D eigenvalue weighted by molar-refractivity contribution is 7.14. The van der Waals surface area contributed by atoms with Crippen molar-refractivity contribution in [1.29, 1.82) is 0 Å². The van der Waals surface area contributed by atoms with Gasteiger partial charge >= 0.3 is 0 Å². The topological polar surface area (TPSA) is 66.6 Å². The molecule has 0 aliphatic rings. The van der Waals surface area contributed by atoms with Gasteiger partial charge in [-0.2, -0.15) is 0 Å². The fourth-order valence-corrected chi connectivity index (χ4v) is 2.20. The molecule has 0 spiro atoms. The summed E-state index contributed by atoms with van der Waals surface area (Å²) in [6, 6.07) is 3.59. The number of nitrogens with two attached hydrogens (primary N) is 1. The first-order chi connectivity index (χ1) is 8.54. The zero-order valence-electron chi connectivity index (χ0n) is 10.6. The molecule has 98 valence electrons. The normalized spacial score (nSPS) is 11.6. The molecule has 1 aromatic heterocycles. The average molecular weight is 266 g/mol. The van der Waals surface area contributed by atoms with Crippen LogP contribution in [0.2, 0.25) is 0 Å². The molecule has 0 aliphatic heterocycles. The van der Waals surface area contributed by atoms with Gasteiger partial charge in [0.25, 0.3) is 5.91 Å². The van der Waals surface area contributed by atoms with Crippen LogP contribution in [0.5, 0.6) is 0 Å². The molecule has 0 bridgehead atoms. The largest absolute Gasteiger partial charge is 0.393 e. The third kappa shape index (κ3) is 4.49. The first-order valence-corrected chi connectivity index (χ1v) is 6.58. The van der Waals surface area contributed by atoms with Gasteiger partial charge in [-0.05, 0) is 25.5 Å². The number of nitrogens with zero attached hydrogens (tertiary/aromatic N) is 1. The minimum absolute atomic E-state index is 0.0403. The molecular weight excluding hydrogens is 248 g/mol. The SMILES string of the molecule is CC(O)CCN(C)C(=O)c1ccc(C#CCN)s1. The molecule has 1 aromatic rings. The fraction of sp³-hybridized carbons (Fsp3) is 0.462. The molecule has 1 heterocycles. The number of amides is 1. The van der Waals surface area contributed by atoms with Crippen molar-refractivity contribution in [2.45, 2.75) is 19.4 Å². The minimum Gasteiger partial charge on any atom is -0.393 e. The molecule has 0 fully saturated rings. The van der Waals surface area contributed by atoms with Crippen LogP contribution in [0, 0.1) is 11.8 Å².